The zero-order chi connectivity index (χ0) is 15.7. The van der Waals surface area contributed by atoms with Gasteiger partial charge in [0.05, 0.1) is 13.2 Å². The number of nitrogens with two attached hydrogens (primary N) is 1. The molecule has 1 saturated carbocycles. The van der Waals surface area contributed by atoms with Crippen LogP contribution in [0.2, 0.25) is 0 Å². The quantitative estimate of drug-likeness (QED) is 0.667. The van der Waals surface area contributed by atoms with Crippen LogP contribution in [0.1, 0.15) is 52.4 Å². The highest BCUT2D eigenvalue weighted by molar-refractivity contribution is 5.78. The van der Waals surface area contributed by atoms with Crippen molar-refractivity contribution < 1.29 is 9.53 Å². The van der Waals surface area contributed by atoms with Crippen molar-refractivity contribution in [3.63, 3.8) is 0 Å². The molecule has 3 N–H and O–H groups in total. The molecule has 0 aromatic rings. The summed E-state index contributed by atoms with van der Waals surface area (Å²) in [7, 11) is 1.65. The Labute approximate surface area is 129 Å². The average molecular weight is 299 g/mol. The Balaban J connectivity index is 2.64. The lowest BCUT2D eigenvalue weighted by Crippen LogP contribution is -2.56. The molecule has 124 valence electrons. The first-order valence-electron chi connectivity index (χ1n) is 8.31. The van der Waals surface area contributed by atoms with Crippen molar-refractivity contribution in [2.24, 2.45) is 5.73 Å². The molecule has 5 nitrogen and oxygen atoms in total. The second-order valence-electron chi connectivity index (χ2n) is 6.28. The fraction of sp³-hybridized carbons (Fsp3) is 0.938. The van der Waals surface area contributed by atoms with Crippen molar-refractivity contribution in [3.05, 3.63) is 0 Å². The first-order valence-corrected chi connectivity index (χ1v) is 8.31. The number of amides is 1. The highest BCUT2D eigenvalue weighted by atomic mass is 16.5. The van der Waals surface area contributed by atoms with Gasteiger partial charge in [-0.1, -0.05) is 32.6 Å². The Bertz CT molecular complexity index is 302. The Hall–Kier alpha value is -0.650. The van der Waals surface area contributed by atoms with Gasteiger partial charge in [0.15, 0.2) is 0 Å². The molecular formula is C16H33N3O2. The summed E-state index contributed by atoms with van der Waals surface area (Å²) in [4.78, 5) is 14.5. The summed E-state index contributed by atoms with van der Waals surface area (Å²) in [6, 6.07) is 0.0455. The van der Waals surface area contributed by atoms with E-state index in [1.54, 1.807) is 7.11 Å². The second-order valence-corrected chi connectivity index (χ2v) is 6.28. The molecule has 5 heteroatoms. The van der Waals surface area contributed by atoms with Gasteiger partial charge in [-0.05, 0) is 26.3 Å². The molecule has 0 heterocycles. The van der Waals surface area contributed by atoms with E-state index in [0.717, 1.165) is 19.4 Å². The van der Waals surface area contributed by atoms with Crippen LogP contribution in [0.4, 0.5) is 0 Å². The zero-order valence-electron chi connectivity index (χ0n) is 14.0. The van der Waals surface area contributed by atoms with Crippen LogP contribution in [0.5, 0.6) is 0 Å². The molecule has 1 unspecified atom stereocenters. The summed E-state index contributed by atoms with van der Waals surface area (Å²) in [6.45, 7) is 6.56. The number of hydrogen-bond acceptors (Lipinski definition) is 4. The van der Waals surface area contributed by atoms with Gasteiger partial charge in [0, 0.05) is 25.2 Å². The molecule has 0 aromatic heterocycles. The van der Waals surface area contributed by atoms with Gasteiger partial charge in [0.25, 0.3) is 0 Å². The van der Waals surface area contributed by atoms with Crippen molar-refractivity contribution in [1.29, 1.82) is 0 Å². The lowest BCUT2D eigenvalue weighted by Gasteiger charge is -2.42. The predicted molar refractivity (Wildman–Crippen MR) is 86.2 cm³/mol. The predicted octanol–water partition coefficient (Wildman–Crippen LogP) is 1.51. The van der Waals surface area contributed by atoms with E-state index < -0.39 is 0 Å². The minimum Gasteiger partial charge on any atom is -0.383 e. The molecule has 1 fully saturated rings. The van der Waals surface area contributed by atoms with Gasteiger partial charge in [-0.3, -0.25) is 9.69 Å². The van der Waals surface area contributed by atoms with E-state index in [-0.39, 0.29) is 17.5 Å². The van der Waals surface area contributed by atoms with Crippen LogP contribution in [-0.4, -0.2) is 55.7 Å². The number of ether oxygens (including phenoxy) is 1. The van der Waals surface area contributed by atoms with E-state index in [2.05, 4.69) is 17.1 Å². The number of carbonyl (C=O) groups is 1. The molecule has 0 radical (unpaired) electrons. The van der Waals surface area contributed by atoms with Crippen LogP contribution >= 0.6 is 0 Å². The number of carbonyl (C=O) groups excluding carboxylic acids is 1. The third kappa shape index (κ3) is 5.57. The first kappa shape index (κ1) is 18.4. The van der Waals surface area contributed by atoms with Crippen molar-refractivity contribution in [3.8, 4) is 0 Å². The Morgan fingerprint density at radius 1 is 1.33 bits per heavy atom. The van der Waals surface area contributed by atoms with E-state index in [1.807, 2.05) is 6.92 Å². The lowest BCUT2D eigenvalue weighted by molar-refractivity contribution is -0.125. The molecule has 0 saturated heterocycles. The molecule has 0 aromatic carbocycles. The standard InChI is InChI=1S/C16H33N3O2/c1-4-19(11-15(20)18-14(2)12-21-3)16(13-17)9-7-5-6-8-10-16/h14H,4-13,17H2,1-3H3,(H,18,20). The Morgan fingerprint density at radius 2 is 1.95 bits per heavy atom. The number of nitrogens with one attached hydrogen (secondary N) is 1. The molecule has 0 bridgehead atoms. The number of hydrogen-bond donors (Lipinski definition) is 2. The Morgan fingerprint density at radius 3 is 2.43 bits per heavy atom. The van der Waals surface area contributed by atoms with E-state index >= 15 is 0 Å². The van der Waals surface area contributed by atoms with Crippen molar-refractivity contribution in [1.82, 2.24) is 10.2 Å². The van der Waals surface area contributed by atoms with E-state index in [1.165, 1.54) is 25.7 Å². The second kappa shape index (κ2) is 9.38. The van der Waals surface area contributed by atoms with Crippen LogP contribution in [0.15, 0.2) is 0 Å². The van der Waals surface area contributed by atoms with Crippen molar-refractivity contribution in [2.75, 3.05) is 33.4 Å². The highest BCUT2D eigenvalue weighted by Crippen LogP contribution is 2.31. The Kier molecular flexibility index (Phi) is 8.22. The molecule has 0 aliphatic heterocycles. The molecule has 21 heavy (non-hydrogen) atoms. The largest absolute Gasteiger partial charge is 0.383 e. The van der Waals surface area contributed by atoms with E-state index in [9.17, 15) is 4.79 Å². The molecule has 1 aliphatic carbocycles. The number of methoxy groups -OCH3 is 1. The van der Waals surface area contributed by atoms with Crippen LogP contribution in [-0.2, 0) is 9.53 Å². The van der Waals surface area contributed by atoms with Crippen LogP contribution < -0.4 is 11.1 Å². The summed E-state index contributed by atoms with van der Waals surface area (Å²) in [5.74, 6) is 0.0680. The van der Waals surface area contributed by atoms with Gasteiger partial charge in [-0.25, -0.2) is 0 Å². The summed E-state index contributed by atoms with van der Waals surface area (Å²) >= 11 is 0. The monoisotopic (exact) mass is 299 g/mol. The molecular weight excluding hydrogens is 266 g/mol. The lowest BCUT2D eigenvalue weighted by atomic mass is 9.88. The smallest absolute Gasteiger partial charge is 0.234 e. The summed E-state index contributed by atoms with van der Waals surface area (Å²) < 4.78 is 5.06. The SMILES string of the molecule is CCN(CC(=O)NC(C)COC)C1(CN)CCCCCC1. The fourth-order valence-corrected chi connectivity index (χ4v) is 3.44. The first-order chi connectivity index (χ1) is 10.1. The minimum absolute atomic E-state index is 0.00703. The third-order valence-corrected chi connectivity index (χ3v) is 4.63. The highest BCUT2D eigenvalue weighted by Gasteiger charge is 2.35. The minimum atomic E-state index is 0.00703. The van der Waals surface area contributed by atoms with Gasteiger partial charge in [-0.15, -0.1) is 0 Å². The average Bonchev–Trinajstić information content (AvgIpc) is 2.71. The number of likely N-dealkylation sites (N-methyl/N-ethyl adjacent to an activating group) is 1. The maximum atomic E-state index is 12.2. The topological polar surface area (TPSA) is 67.6 Å². The van der Waals surface area contributed by atoms with Gasteiger partial charge in [-0.2, -0.15) is 0 Å². The van der Waals surface area contributed by atoms with Crippen LogP contribution in [0.3, 0.4) is 0 Å². The van der Waals surface area contributed by atoms with Gasteiger partial charge < -0.3 is 15.8 Å². The normalized spacial score (nSPS) is 20.0. The van der Waals surface area contributed by atoms with Gasteiger partial charge in [0.2, 0.25) is 5.91 Å². The van der Waals surface area contributed by atoms with Crippen LogP contribution in [0.25, 0.3) is 0 Å². The summed E-state index contributed by atoms with van der Waals surface area (Å²) in [5, 5.41) is 3.00. The number of nitrogens with zero attached hydrogens (tertiary/aromatic N) is 1. The van der Waals surface area contributed by atoms with Gasteiger partial charge >= 0.3 is 0 Å². The van der Waals surface area contributed by atoms with E-state index in [0.29, 0.717) is 19.7 Å². The van der Waals surface area contributed by atoms with Crippen molar-refractivity contribution >= 4 is 5.91 Å². The maximum Gasteiger partial charge on any atom is 0.234 e. The number of rotatable bonds is 8. The van der Waals surface area contributed by atoms with E-state index in [4.69, 9.17) is 10.5 Å². The molecule has 1 atom stereocenters. The molecule has 0 spiro atoms. The maximum absolute atomic E-state index is 12.2. The van der Waals surface area contributed by atoms with Gasteiger partial charge in [0.1, 0.15) is 0 Å². The molecule has 1 aliphatic rings. The fourth-order valence-electron chi connectivity index (χ4n) is 3.44. The summed E-state index contributed by atoms with van der Waals surface area (Å²) in [6.07, 6.45) is 7.23. The zero-order valence-corrected chi connectivity index (χ0v) is 14.0. The third-order valence-electron chi connectivity index (χ3n) is 4.63. The van der Waals surface area contributed by atoms with Crippen molar-refractivity contribution in [2.45, 2.75) is 64.0 Å². The molecule has 1 amide bonds. The summed E-state index contributed by atoms with van der Waals surface area (Å²) in [5.41, 5.74) is 6.12. The molecule has 1 rings (SSSR count). The van der Waals surface area contributed by atoms with Crippen LogP contribution in [0, 0.1) is 0 Å².